The summed E-state index contributed by atoms with van der Waals surface area (Å²) in [6.45, 7) is 0. The van der Waals surface area contributed by atoms with Gasteiger partial charge in [-0.3, -0.25) is 0 Å². The second-order valence-electron chi connectivity index (χ2n) is 15.7. The van der Waals surface area contributed by atoms with Gasteiger partial charge in [0.1, 0.15) is 0 Å². The van der Waals surface area contributed by atoms with Crippen LogP contribution >= 0.6 is 0 Å². The van der Waals surface area contributed by atoms with E-state index >= 15 is 0 Å². The molecule has 0 radical (unpaired) electrons. The van der Waals surface area contributed by atoms with Crippen LogP contribution in [0.25, 0.3) is 98.6 Å². The van der Waals surface area contributed by atoms with Crippen molar-refractivity contribution in [3.05, 3.63) is 222 Å². The lowest BCUT2D eigenvalue weighted by molar-refractivity contribution is 0.794. The maximum Gasteiger partial charge on any atom is 0.0788 e. The smallest absolute Gasteiger partial charge is 0.0788 e. The van der Waals surface area contributed by atoms with Crippen LogP contribution in [0, 0.1) is 0 Å². The van der Waals surface area contributed by atoms with Crippen molar-refractivity contribution in [3.8, 4) is 44.6 Å². The zero-order chi connectivity index (χ0) is 37.2. The van der Waals surface area contributed by atoms with Crippen LogP contribution in [-0.4, -0.2) is 4.98 Å². The fourth-order valence-electron chi connectivity index (χ4n) is 10.8. The Morgan fingerprint density at radius 2 is 0.860 bits per heavy atom. The zero-order valence-corrected chi connectivity index (χ0v) is 31.0. The van der Waals surface area contributed by atoms with Crippen LogP contribution in [-0.2, 0) is 5.41 Å². The second-order valence-corrected chi connectivity index (χ2v) is 15.7. The monoisotopic (exact) mass is 719 g/mol. The van der Waals surface area contributed by atoms with Gasteiger partial charge in [-0.15, -0.1) is 0 Å². The van der Waals surface area contributed by atoms with E-state index in [0.29, 0.717) is 0 Å². The van der Waals surface area contributed by atoms with Crippen molar-refractivity contribution in [2.24, 2.45) is 0 Å². The van der Waals surface area contributed by atoms with Gasteiger partial charge in [-0.1, -0.05) is 188 Å². The van der Waals surface area contributed by atoms with Crippen molar-refractivity contribution in [2.45, 2.75) is 5.41 Å². The molecule has 262 valence electrons. The van der Waals surface area contributed by atoms with Crippen LogP contribution in [0.3, 0.4) is 0 Å². The SMILES string of the molecule is c1ccc2c(c1)-c1ccccc1C21c2ccccc2-c2c1ccc1c(-c3ccc(-c4cc5c6ccccc6ccc5c5ccccc45)cc3)nc3ccccc3c21. The number of nitrogens with zero attached hydrogens (tertiary/aromatic N) is 1. The van der Waals surface area contributed by atoms with Crippen molar-refractivity contribution < 1.29 is 0 Å². The van der Waals surface area contributed by atoms with E-state index < -0.39 is 5.41 Å². The molecular formula is C56H33N. The number of aromatic nitrogens is 1. The molecule has 0 bridgehead atoms. The van der Waals surface area contributed by atoms with Crippen LogP contribution in [0.5, 0.6) is 0 Å². The molecule has 0 saturated carbocycles. The molecule has 0 unspecified atom stereocenters. The van der Waals surface area contributed by atoms with E-state index in [1.54, 1.807) is 0 Å². The van der Waals surface area contributed by atoms with Crippen LogP contribution in [0.15, 0.2) is 200 Å². The molecule has 0 fully saturated rings. The van der Waals surface area contributed by atoms with E-state index in [-0.39, 0.29) is 0 Å². The van der Waals surface area contributed by atoms with Gasteiger partial charge in [-0.2, -0.15) is 0 Å². The molecule has 1 aromatic heterocycles. The minimum absolute atomic E-state index is 0.395. The number of rotatable bonds is 2. The van der Waals surface area contributed by atoms with Crippen LogP contribution in [0.4, 0.5) is 0 Å². The summed E-state index contributed by atoms with van der Waals surface area (Å²) >= 11 is 0. The quantitative estimate of drug-likeness (QED) is 0.162. The highest BCUT2D eigenvalue weighted by Crippen LogP contribution is 2.64. The number of hydrogen-bond acceptors (Lipinski definition) is 1. The van der Waals surface area contributed by atoms with Crippen molar-refractivity contribution in [3.63, 3.8) is 0 Å². The summed E-state index contributed by atoms with van der Waals surface area (Å²) in [5.41, 5.74) is 15.9. The average molecular weight is 720 g/mol. The number of hydrogen-bond donors (Lipinski definition) is 0. The molecule has 11 aromatic rings. The van der Waals surface area contributed by atoms with Crippen molar-refractivity contribution in [1.29, 1.82) is 0 Å². The predicted molar refractivity (Wildman–Crippen MR) is 239 cm³/mol. The van der Waals surface area contributed by atoms with E-state index in [1.165, 1.54) is 104 Å². The molecule has 2 aliphatic carbocycles. The van der Waals surface area contributed by atoms with E-state index in [4.69, 9.17) is 4.98 Å². The highest BCUT2D eigenvalue weighted by Gasteiger charge is 2.52. The van der Waals surface area contributed by atoms with E-state index in [2.05, 4.69) is 200 Å². The molecule has 1 heterocycles. The Balaban J connectivity index is 1.06. The third-order valence-corrected chi connectivity index (χ3v) is 13.1. The Kier molecular flexibility index (Phi) is 6.16. The number of para-hydroxylation sites is 1. The minimum atomic E-state index is -0.395. The normalized spacial score (nSPS) is 13.4. The van der Waals surface area contributed by atoms with Gasteiger partial charge in [0.15, 0.2) is 0 Å². The van der Waals surface area contributed by atoms with Gasteiger partial charge in [-0.25, -0.2) is 4.98 Å². The fourth-order valence-corrected chi connectivity index (χ4v) is 10.8. The highest BCUT2D eigenvalue weighted by molar-refractivity contribution is 6.22. The lowest BCUT2D eigenvalue weighted by atomic mass is 9.70. The number of pyridine rings is 1. The van der Waals surface area contributed by atoms with Gasteiger partial charge in [-0.05, 0) is 100 Å². The first-order valence-electron chi connectivity index (χ1n) is 19.9. The minimum Gasteiger partial charge on any atom is -0.247 e. The fraction of sp³-hybridized carbons (Fsp3) is 0.0179. The molecule has 2 aliphatic rings. The molecule has 1 nitrogen and oxygen atoms in total. The third-order valence-electron chi connectivity index (χ3n) is 13.1. The predicted octanol–water partition coefficient (Wildman–Crippen LogP) is 14.5. The average Bonchev–Trinajstić information content (AvgIpc) is 3.76. The Hall–Kier alpha value is -7.35. The molecule has 0 N–H and O–H groups in total. The summed E-state index contributed by atoms with van der Waals surface area (Å²) in [6, 6.07) is 74.3. The Labute approximate surface area is 330 Å². The van der Waals surface area contributed by atoms with Gasteiger partial charge < -0.3 is 0 Å². The van der Waals surface area contributed by atoms with Crippen LogP contribution in [0.1, 0.15) is 22.3 Å². The Bertz CT molecular complexity index is 3470. The molecule has 0 saturated heterocycles. The lowest BCUT2D eigenvalue weighted by Gasteiger charge is -2.30. The van der Waals surface area contributed by atoms with E-state index in [0.717, 1.165) is 16.8 Å². The van der Waals surface area contributed by atoms with Crippen LogP contribution in [0.2, 0.25) is 0 Å². The van der Waals surface area contributed by atoms with Gasteiger partial charge in [0.05, 0.1) is 16.6 Å². The molecule has 13 rings (SSSR count). The first-order chi connectivity index (χ1) is 28.3. The molecule has 0 atom stereocenters. The summed E-state index contributed by atoms with van der Waals surface area (Å²) in [6.07, 6.45) is 0. The molecule has 10 aromatic carbocycles. The standard InChI is InChI=1S/C56H33N/c1-2-14-37-34(13-1)29-30-40-38-15-3-4-16-39(38)46(33-47(37)40)35-25-27-36(28-26-35)55-45-31-32-51-54(53(45)44-20-8-12-24-52(44)57-55)43-19-7-11-23-50(43)56(51)48-21-9-5-17-41(48)42-18-6-10-22-49(42)56/h1-33H. The summed E-state index contributed by atoms with van der Waals surface area (Å²) in [4.78, 5) is 5.44. The highest BCUT2D eigenvalue weighted by atomic mass is 14.7. The summed E-state index contributed by atoms with van der Waals surface area (Å²) in [5, 5.41) is 11.3. The lowest BCUT2D eigenvalue weighted by Crippen LogP contribution is -2.25. The zero-order valence-electron chi connectivity index (χ0n) is 31.0. The van der Waals surface area contributed by atoms with Gasteiger partial charge in [0, 0.05) is 21.7 Å². The van der Waals surface area contributed by atoms with E-state index in [9.17, 15) is 0 Å². The summed E-state index contributed by atoms with van der Waals surface area (Å²) in [7, 11) is 0. The molecule has 1 heteroatoms. The third kappa shape index (κ3) is 4.00. The van der Waals surface area contributed by atoms with Gasteiger partial charge in [0.2, 0.25) is 0 Å². The molecule has 57 heavy (non-hydrogen) atoms. The Morgan fingerprint density at radius 3 is 1.61 bits per heavy atom. The first-order valence-corrected chi connectivity index (χ1v) is 19.9. The maximum absolute atomic E-state index is 5.44. The van der Waals surface area contributed by atoms with Gasteiger partial charge >= 0.3 is 0 Å². The van der Waals surface area contributed by atoms with Gasteiger partial charge in [0.25, 0.3) is 0 Å². The Morgan fingerprint density at radius 1 is 0.316 bits per heavy atom. The van der Waals surface area contributed by atoms with Crippen LogP contribution < -0.4 is 0 Å². The molecular weight excluding hydrogens is 687 g/mol. The molecule has 0 aliphatic heterocycles. The number of fused-ring (bicyclic) bond motifs is 19. The van der Waals surface area contributed by atoms with Crippen molar-refractivity contribution >= 4 is 54.0 Å². The first kappa shape index (κ1) is 30.9. The molecule has 1 spiro atoms. The second kappa shape index (κ2) is 11.4. The topological polar surface area (TPSA) is 12.9 Å². The maximum atomic E-state index is 5.44. The number of benzene rings is 10. The van der Waals surface area contributed by atoms with E-state index in [1.807, 2.05) is 0 Å². The summed E-state index contributed by atoms with van der Waals surface area (Å²) in [5.74, 6) is 0. The largest absolute Gasteiger partial charge is 0.247 e. The van der Waals surface area contributed by atoms with Crippen molar-refractivity contribution in [1.82, 2.24) is 4.98 Å². The summed E-state index contributed by atoms with van der Waals surface area (Å²) < 4.78 is 0. The van der Waals surface area contributed by atoms with Crippen molar-refractivity contribution in [2.75, 3.05) is 0 Å². The molecule has 0 amide bonds.